The maximum Gasteiger partial charge on any atom is 0.334 e. The minimum atomic E-state index is -0.938. The van der Waals surface area contributed by atoms with Gasteiger partial charge in [-0.25, -0.2) is 4.79 Å². The molecule has 0 aromatic heterocycles. The molecule has 1 N–H and O–H groups in total. The number of hydrogen-bond acceptors (Lipinski definition) is 3. The van der Waals surface area contributed by atoms with Crippen molar-refractivity contribution in [2.75, 3.05) is 6.61 Å². The molecule has 0 saturated heterocycles. The molecule has 0 radical (unpaired) electrons. The summed E-state index contributed by atoms with van der Waals surface area (Å²) >= 11 is 0. The van der Waals surface area contributed by atoms with Crippen molar-refractivity contribution in [1.29, 1.82) is 0 Å². The number of aliphatic hydroxyl groups is 1. The van der Waals surface area contributed by atoms with Gasteiger partial charge in [0.2, 0.25) is 0 Å². The monoisotopic (exact) mass is 410 g/mol. The van der Waals surface area contributed by atoms with E-state index in [-0.39, 0.29) is 0 Å². The molecule has 0 aliphatic rings. The Morgan fingerprint density at radius 2 is 1.14 bits per heavy atom. The molecular weight excluding hydrogens is 360 g/mol. The Labute approximate surface area is 181 Å². The van der Waals surface area contributed by atoms with Crippen molar-refractivity contribution in [1.82, 2.24) is 0 Å². The van der Waals surface area contributed by atoms with Crippen LogP contribution in [0, 0.1) is 0 Å². The summed E-state index contributed by atoms with van der Waals surface area (Å²) in [5.74, 6) is -0.434. The first-order chi connectivity index (χ1) is 14.2. The molecule has 0 saturated carbocycles. The maximum atomic E-state index is 11.8. The molecule has 0 amide bonds. The number of hydrogen-bond donors (Lipinski definition) is 1. The lowest BCUT2D eigenvalue weighted by Crippen LogP contribution is -2.23. The molecule has 0 aliphatic heterocycles. The van der Waals surface area contributed by atoms with Crippen molar-refractivity contribution in [2.24, 2.45) is 0 Å². The summed E-state index contributed by atoms with van der Waals surface area (Å²) in [6.07, 6.45) is 26.2. The first-order valence-corrected chi connectivity index (χ1v) is 12.7. The third kappa shape index (κ3) is 21.7. The lowest BCUT2D eigenvalue weighted by molar-refractivity contribution is -0.154. The number of allylic oxidation sites excluding steroid dienone is 2. The van der Waals surface area contributed by atoms with Crippen molar-refractivity contribution in [3.05, 3.63) is 12.2 Å². The summed E-state index contributed by atoms with van der Waals surface area (Å²) in [4.78, 5) is 11.8. The Hall–Kier alpha value is -0.830. The first kappa shape index (κ1) is 28.2. The second kappa shape index (κ2) is 23.4. The Bertz CT molecular complexity index is 365. The van der Waals surface area contributed by atoms with Gasteiger partial charge in [0.1, 0.15) is 0 Å². The molecule has 1 atom stereocenters. The fraction of sp³-hybridized carbons (Fsp3) is 0.885. The van der Waals surface area contributed by atoms with Gasteiger partial charge in [-0.15, -0.1) is 0 Å². The van der Waals surface area contributed by atoms with Crippen molar-refractivity contribution >= 4 is 5.97 Å². The summed E-state index contributed by atoms with van der Waals surface area (Å²) in [6, 6.07) is 0. The highest BCUT2D eigenvalue weighted by Crippen LogP contribution is 2.11. The predicted molar refractivity (Wildman–Crippen MR) is 125 cm³/mol. The third-order valence-electron chi connectivity index (χ3n) is 5.50. The lowest BCUT2D eigenvalue weighted by atomic mass is 10.1. The van der Waals surface area contributed by atoms with Crippen LogP contribution in [0.1, 0.15) is 136 Å². The molecular formula is C26H50O3. The minimum Gasteiger partial charge on any atom is -0.464 e. The first-order valence-electron chi connectivity index (χ1n) is 12.7. The Morgan fingerprint density at radius 3 is 1.69 bits per heavy atom. The van der Waals surface area contributed by atoms with Crippen LogP contribution in [0.4, 0.5) is 0 Å². The van der Waals surface area contributed by atoms with Crippen LogP contribution in [0.2, 0.25) is 0 Å². The maximum absolute atomic E-state index is 11.8. The number of unbranched alkanes of at least 4 members (excludes halogenated alkanes) is 15. The predicted octanol–water partition coefficient (Wildman–Crippen LogP) is 7.90. The van der Waals surface area contributed by atoms with Crippen LogP contribution in [0.15, 0.2) is 12.2 Å². The van der Waals surface area contributed by atoms with Gasteiger partial charge in [-0.1, -0.05) is 109 Å². The van der Waals surface area contributed by atoms with Gasteiger partial charge in [-0.3, -0.25) is 0 Å². The highest BCUT2D eigenvalue weighted by atomic mass is 16.5. The highest BCUT2D eigenvalue weighted by molar-refractivity contribution is 5.74. The van der Waals surface area contributed by atoms with E-state index in [2.05, 4.69) is 26.0 Å². The Balaban J connectivity index is 3.36. The smallest absolute Gasteiger partial charge is 0.334 e. The van der Waals surface area contributed by atoms with Crippen molar-refractivity contribution < 1.29 is 14.6 Å². The molecule has 0 aromatic carbocycles. The second-order valence-electron chi connectivity index (χ2n) is 8.47. The van der Waals surface area contributed by atoms with Crippen LogP contribution in [0.25, 0.3) is 0 Å². The molecule has 0 bridgehead atoms. The molecule has 0 spiro atoms. The second-order valence-corrected chi connectivity index (χ2v) is 8.47. The number of aliphatic hydroxyl groups excluding tert-OH is 1. The molecule has 0 aliphatic carbocycles. The van der Waals surface area contributed by atoms with Crippen LogP contribution in [-0.2, 0) is 9.53 Å². The Morgan fingerprint density at radius 1 is 0.690 bits per heavy atom. The molecule has 3 heteroatoms. The van der Waals surface area contributed by atoms with Gasteiger partial charge in [0.05, 0.1) is 6.61 Å². The van der Waals surface area contributed by atoms with Crippen LogP contribution in [-0.4, -0.2) is 23.8 Å². The summed E-state index contributed by atoms with van der Waals surface area (Å²) in [5.41, 5.74) is 0. The number of rotatable bonds is 22. The number of carbonyl (C=O) groups excluding carboxylic acids is 1. The molecule has 29 heavy (non-hydrogen) atoms. The summed E-state index contributed by atoms with van der Waals surface area (Å²) in [6.45, 7) is 4.92. The van der Waals surface area contributed by atoms with Gasteiger partial charge >= 0.3 is 5.97 Å². The zero-order valence-corrected chi connectivity index (χ0v) is 19.6. The minimum absolute atomic E-state index is 0.434. The van der Waals surface area contributed by atoms with Crippen LogP contribution < -0.4 is 0 Å². The van der Waals surface area contributed by atoms with Crippen molar-refractivity contribution in [3.63, 3.8) is 0 Å². The van der Waals surface area contributed by atoms with Gasteiger partial charge in [0.25, 0.3) is 0 Å². The van der Waals surface area contributed by atoms with Crippen molar-refractivity contribution in [3.8, 4) is 0 Å². The normalized spacial score (nSPS) is 12.5. The average molecular weight is 411 g/mol. The number of ether oxygens (including phenoxy) is 1. The molecule has 0 fully saturated rings. The van der Waals surface area contributed by atoms with E-state index in [0.717, 1.165) is 32.1 Å². The molecule has 1 unspecified atom stereocenters. The van der Waals surface area contributed by atoms with Gasteiger partial charge < -0.3 is 9.84 Å². The van der Waals surface area contributed by atoms with Gasteiger partial charge in [0.15, 0.2) is 6.10 Å². The number of carbonyl (C=O) groups is 1. The van der Waals surface area contributed by atoms with Gasteiger partial charge in [-0.2, -0.15) is 0 Å². The van der Waals surface area contributed by atoms with Crippen molar-refractivity contribution in [2.45, 2.75) is 142 Å². The quantitative estimate of drug-likeness (QED) is 0.112. The molecule has 0 aromatic rings. The Kier molecular flexibility index (Phi) is 22.8. The van der Waals surface area contributed by atoms with Gasteiger partial charge in [0, 0.05) is 0 Å². The average Bonchev–Trinajstić information content (AvgIpc) is 2.73. The van der Waals surface area contributed by atoms with E-state index < -0.39 is 12.1 Å². The van der Waals surface area contributed by atoms with E-state index in [0.29, 0.717) is 13.0 Å². The third-order valence-corrected chi connectivity index (χ3v) is 5.50. The SMILES string of the molecule is CCCCCCCC/C=C\CCCCCCC(O)C(=O)OCCCCCCCC. The topological polar surface area (TPSA) is 46.5 Å². The molecule has 172 valence electrons. The summed E-state index contributed by atoms with van der Waals surface area (Å²) in [5, 5.41) is 9.90. The summed E-state index contributed by atoms with van der Waals surface area (Å²) < 4.78 is 5.18. The zero-order chi connectivity index (χ0) is 21.4. The van der Waals surface area contributed by atoms with E-state index in [1.165, 1.54) is 83.5 Å². The fourth-order valence-corrected chi connectivity index (χ4v) is 3.50. The van der Waals surface area contributed by atoms with E-state index in [4.69, 9.17) is 4.74 Å². The fourth-order valence-electron chi connectivity index (χ4n) is 3.50. The van der Waals surface area contributed by atoms with E-state index >= 15 is 0 Å². The standard InChI is InChI=1S/C26H50O3/c1-3-5-7-9-11-12-13-14-15-16-17-18-19-21-23-25(27)26(28)29-24-22-20-10-8-6-4-2/h14-15,25,27H,3-13,16-24H2,1-2H3/b15-14-. The van der Waals surface area contributed by atoms with E-state index in [1.807, 2.05) is 0 Å². The zero-order valence-electron chi connectivity index (χ0n) is 19.6. The highest BCUT2D eigenvalue weighted by Gasteiger charge is 2.15. The largest absolute Gasteiger partial charge is 0.464 e. The van der Waals surface area contributed by atoms with Gasteiger partial charge in [-0.05, 0) is 38.5 Å². The van der Waals surface area contributed by atoms with Crippen LogP contribution in [0.3, 0.4) is 0 Å². The lowest BCUT2D eigenvalue weighted by Gasteiger charge is -2.10. The van der Waals surface area contributed by atoms with Crippen LogP contribution >= 0.6 is 0 Å². The van der Waals surface area contributed by atoms with E-state index in [9.17, 15) is 9.90 Å². The van der Waals surface area contributed by atoms with Crippen LogP contribution in [0.5, 0.6) is 0 Å². The number of esters is 1. The molecule has 0 rings (SSSR count). The summed E-state index contributed by atoms with van der Waals surface area (Å²) in [7, 11) is 0. The van der Waals surface area contributed by atoms with E-state index in [1.54, 1.807) is 0 Å². The molecule has 0 heterocycles. The molecule has 3 nitrogen and oxygen atoms in total.